The first-order chi connectivity index (χ1) is 8.28. The number of carbonyl (C=O) groups excluding carboxylic acids is 1. The van der Waals surface area contributed by atoms with Crippen LogP contribution in [0.4, 0.5) is 5.69 Å². The van der Waals surface area contributed by atoms with E-state index in [4.69, 9.17) is 23.8 Å². The summed E-state index contributed by atoms with van der Waals surface area (Å²) < 4.78 is 0. The number of carbonyl (C=O) groups is 1. The van der Waals surface area contributed by atoms with Gasteiger partial charge in [0, 0.05) is 6.42 Å². The minimum atomic E-state index is -0.105. The summed E-state index contributed by atoms with van der Waals surface area (Å²) in [5.74, 6) is -0.105. The topological polar surface area (TPSA) is 41.1 Å². The Bertz CT molecular complexity index is 455. The molecule has 2 N–H and O–H groups in total. The second-order valence-electron chi connectivity index (χ2n) is 5.22. The van der Waals surface area contributed by atoms with Crippen LogP contribution in [-0.4, -0.2) is 11.0 Å². The van der Waals surface area contributed by atoms with Gasteiger partial charge >= 0.3 is 0 Å². The fourth-order valence-electron chi connectivity index (χ4n) is 1.37. The van der Waals surface area contributed by atoms with E-state index in [1.807, 2.05) is 32.9 Å². The molecule has 0 aromatic heterocycles. The molecule has 0 aliphatic rings. The molecule has 0 bridgehead atoms. The third-order valence-corrected chi connectivity index (χ3v) is 2.60. The summed E-state index contributed by atoms with van der Waals surface area (Å²) in [6.45, 7) is 5.99. The average molecular weight is 285 g/mol. The minimum absolute atomic E-state index is 0.0654. The fraction of sp³-hybridized carbons (Fsp3) is 0.385. The molecule has 0 unspecified atom stereocenters. The smallest absolute Gasteiger partial charge is 0.226 e. The Morgan fingerprint density at radius 2 is 1.94 bits per heavy atom. The van der Waals surface area contributed by atoms with Crippen molar-refractivity contribution in [3.05, 3.63) is 29.3 Å². The first-order valence-corrected chi connectivity index (χ1v) is 6.42. The molecular weight excluding hydrogens is 268 g/mol. The van der Waals surface area contributed by atoms with Crippen LogP contribution >= 0.6 is 23.8 Å². The van der Waals surface area contributed by atoms with E-state index in [0.29, 0.717) is 17.1 Å². The molecule has 1 rings (SSSR count). The highest BCUT2D eigenvalue weighted by atomic mass is 35.5. The molecule has 0 aliphatic heterocycles. The van der Waals surface area contributed by atoms with Crippen molar-refractivity contribution in [2.24, 2.45) is 5.41 Å². The second kappa shape index (κ2) is 6.16. The quantitative estimate of drug-likeness (QED) is 0.816. The zero-order chi connectivity index (χ0) is 13.8. The largest absolute Gasteiger partial charge is 0.331 e. The van der Waals surface area contributed by atoms with E-state index in [1.165, 1.54) is 0 Å². The predicted octanol–water partition coefficient (Wildman–Crippen LogP) is 3.59. The summed E-state index contributed by atoms with van der Waals surface area (Å²) in [6.07, 6.45) is 0.414. The Hall–Kier alpha value is -1.13. The Morgan fingerprint density at radius 3 is 2.50 bits per heavy atom. The molecule has 0 spiro atoms. The van der Waals surface area contributed by atoms with Crippen LogP contribution in [0.25, 0.3) is 0 Å². The zero-order valence-electron chi connectivity index (χ0n) is 10.7. The maximum absolute atomic E-state index is 11.7. The number of amides is 1. The van der Waals surface area contributed by atoms with Gasteiger partial charge in [-0.15, -0.1) is 0 Å². The number of hydrogen-bond acceptors (Lipinski definition) is 2. The van der Waals surface area contributed by atoms with Crippen LogP contribution in [0.3, 0.4) is 0 Å². The van der Waals surface area contributed by atoms with Crippen molar-refractivity contribution in [2.75, 3.05) is 5.32 Å². The molecule has 0 radical (unpaired) electrons. The van der Waals surface area contributed by atoms with Gasteiger partial charge in [0.05, 0.1) is 10.7 Å². The minimum Gasteiger partial charge on any atom is -0.331 e. The Kier molecular flexibility index (Phi) is 5.11. The predicted molar refractivity (Wildman–Crippen MR) is 79.9 cm³/mol. The van der Waals surface area contributed by atoms with Crippen LogP contribution in [0.1, 0.15) is 27.2 Å². The Balaban J connectivity index is 2.53. The van der Waals surface area contributed by atoms with Gasteiger partial charge in [0.25, 0.3) is 0 Å². The van der Waals surface area contributed by atoms with Crippen molar-refractivity contribution in [3.63, 3.8) is 0 Å². The normalized spacial score (nSPS) is 10.9. The molecule has 5 heteroatoms. The summed E-state index contributed by atoms with van der Waals surface area (Å²) in [5.41, 5.74) is 0.615. The van der Waals surface area contributed by atoms with Gasteiger partial charge in [0.2, 0.25) is 5.91 Å². The van der Waals surface area contributed by atoms with Crippen LogP contribution in [0.15, 0.2) is 24.3 Å². The molecule has 0 heterocycles. The van der Waals surface area contributed by atoms with E-state index in [9.17, 15) is 4.79 Å². The van der Waals surface area contributed by atoms with Crippen molar-refractivity contribution < 1.29 is 4.79 Å². The molecule has 3 nitrogen and oxygen atoms in total. The molecule has 0 atom stereocenters. The summed E-state index contributed by atoms with van der Waals surface area (Å²) in [6, 6.07) is 7.22. The lowest BCUT2D eigenvalue weighted by molar-refractivity contribution is -0.121. The Morgan fingerprint density at radius 1 is 1.33 bits per heavy atom. The van der Waals surface area contributed by atoms with Gasteiger partial charge in [-0.25, -0.2) is 0 Å². The number of benzene rings is 1. The number of anilines is 1. The molecular formula is C13H17ClN2OS. The lowest BCUT2D eigenvalue weighted by Crippen LogP contribution is -2.36. The van der Waals surface area contributed by atoms with Crippen molar-refractivity contribution >= 4 is 40.5 Å². The monoisotopic (exact) mass is 284 g/mol. The molecule has 0 aliphatic carbocycles. The summed E-state index contributed by atoms with van der Waals surface area (Å²) in [4.78, 5) is 11.7. The van der Waals surface area contributed by atoms with E-state index in [2.05, 4.69) is 10.6 Å². The maximum Gasteiger partial charge on any atom is 0.226 e. The molecule has 1 aromatic rings. The van der Waals surface area contributed by atoms with Gasteiger partial charge in [-0.1, -0.05) is 44.5 Å². The van der Waals surface area contributed by atoms with Crippen LogP contribution in [0.5, 0.6) is 0 Å². The van der Waals surface area contributed by atoms with Gasteiger partial charge in [-0.3, -0.25) is 4.79 Å². The molecule has 98 valence electrons. The molecule has 0 saturated heterocycles. The van der Waals surface area contributed by atoms with Crippen molar-refractivity contribution in [2.45, 2.75) is 27.2 Å². The van der Waals surface area contributed by atoms with E-state index in [1.54, 1.807) is 12.1 Å². The molecule has 0 saturated carbocycles. The van der Waals surface area contributed by atoms with Gasteiger partial charge in [-0.2, -0.15) is 0 Å². The highest BCUT2D eigenvalue weighted by Gasteiger charge is 2.16. The van der Waals surface area contributed by atoms with Crippen LogP contribution in [0.2, 0.25) is 5.02 Å². The number of thiocarbonyl (C=S) groups is 1. The maximum atomic E-state index is 11.7. The Labute approximate surface area is 118 Å². The number of rotatable bonds is 2. The van der Waals surface area contributed by atoms with Gasteiger partial charge in [0.1, 0.15) is 0 Å². The van der Waals surface area contributed by atoms with E-state index >= 15 is 0 Å². The van der Waals surface area contributed by atoms with Crippen molar-refractivity contribution in [1.29, 1.82) is 0 Å². The number of nitrogens with one attached hydrogen (secondary N) is 2. The summed E-state index contributed by atoms with van der Waals surface area (Å²) in [5, 5.41) is 6.35. The molecule has 0 fully saturated rings. The van der Waals surface area contributed by atoms with Crippen molar-refractivity contribution in [3.8, 4) is 0 Å². The number of halogens is 1. The molecule has 1 amide bonds. The van der Waals surface area contributed by atoms with Gasteiger partial charge in [0.15, 0.2) is 5.11 Å². The van der Waals surface area contributed by atoms with Crippen LogP contribution < -0.4 is 10.6 Å². The highest BCUT2D eigenvalue weighted by molar-refractivity contribution is 7.80. The highest BCUT2D eigenvalue weighted by Crippen LogP contribution is 2.20. The number of hydrogen-bond donors (Lipinski definition) is 2. The van der Waals surface area contributed by atoms with E-state index in [-0.39, 0.29) is 16.4 Å². The average Bonchev–Trinajstić information content (AvgIpc) is 2.18. The third kappa shape index (κ3) is 5.47. The lowest BCUT2D eigenvalue weighted by Gasteiger charge is -2.18. The van der Waals surface area contributed by atoms with E-state index in [0.717, 1.165) is 0 Å². The molecule has 1 aromatic carbocycles. The molecule has 18 heavy (non-hydrogen) atoms. The standard InChI is InChI=1S/C13H17ClN2OS/c1-13(2,3)8-11(17)16-12(18)15-10-7-5-4-6-9(10)14/h4-7H,8H2,1-3H3,(H2,15,16,17,18). The number of para-hydroxylation sites is 1. The van der Waals surface area contributed by atoms with E-state index < -0.39 is 0 Å². The second-order valence-corrected chi connectivity index (χ2v) is 6.04. The fourth-order valence-corrected chi connectivity index (χ4v) is 1.78. The first kappa shape index (κ1) is 14.9. The van der Waals surface area contributed by atoms with Gasteiger partial charge < -0.3 is 10.6 Å². The summed E-state index contributed by atoms with van der Waals surface area (Å²) >= 11 is 11.0. The summed E-state index contributed by atoms with van der Waals surface area (Å²) in [7, 11) is 0. The van der Waals surface area contributed by atoms with Crippen LogP contribution in [0, 0.1) is 5.41 Å². The zero-order valence-corrected chi connectivity index (χ0v) is 12.3. The SMILES string of the molecule is CC(C)(C)CC(=O)NC(=S)Nc1ccccc1Cl. The lowest BCUT2D eigenvalue weighted by atomic mass is 9.92. The third-order valence-electron chi connectivity index (χ3n) is 2.07. The van der Waals surface area contributed by atoms with Crippen LogP contribution in [-0.2, 0) is 4.79 Å². The first-order valence-electron chi connectivity index (χ1n) is 5.63. The van der Waals surface area contributed by atoms with Gasteiger partial charge in [-0.05, 0) is 29.8 Å². The van der Waals surface area contributed by atoms with Crippen molar-refractivity contribution in [1.82, 2.24) is 5.32 Å².